The van der Waals surface area contributed by atoms with Crippen molar-refractivity contribution in [3.63, 3.8) is 0 Å². The van der Waals surface area contributed by atoms with Gasteiger partial charge in [-0.2, -0.15) is 0 Å². The second-order valence-corrected chi connectivity index (χ2v) is 8.22. The van der Waals surface area contributed by atoms with Gasteiger partial charge in [-0.15, -0.1) is 11.3 Å². The summed E-state index contributed by atoms with van der Waals surface area (Å²) in [6.45, 7) is 3.46. The van der Waals surface area contributed by atoms with Crippen molar-refractivity contribution in [1.82, 2.24) is 9.80 Å². The maximum atomic E-state index is 13.2. The van der Waals surface area contributed by atoms with Gasteiger partial charge in [-0.1, -0.05) is 18.2 Å². The first kappa shape index (κ1) is 21.2. The van der Waals surface area contributed by atoms with E-state index in [9.17, 15) is 24.8 Å². The predicted molar refractivity (Wildman–Crippen MR) is 113 cm³/mol. The van der Waals surface area contributed by atoms with Gasteiger partial charge in [-0.25, -0.2) is 0 Å². The van der Waals surface area contributed by atoms with E-state index in [0.29, 0.717) is 30.2 Å². The number of nitro benzene ring substituents is 1. The van der Waals surface area contributed by atoms with Gasteiger partial charge in [0.05, 0.1) is 34.6 Å². The molecule has 0 saturated carbocycles. The molecule has 10 heteroatoms. The molecule has 1 fully saturated rings. The summed E-state index contributed by atoms with van der Waals surface area (Å²) in [5.74, 6) is -1.70. The number of hydrogen-bond acceptors (Lipinski definition) is 8. The fourth-order valence-electron chi connectivity index (χ4n) is 3.89. The molecule has 1 saturated heterocycles. The van der Waals surface area contributed by atoms with Crippen LogP contribution < -0.4 is 0 Å². The van der Waals surface area contributed by atoms with E-state index in [1.807, 2.05) is 0 Å². The molecule has 162 valence electrons. The Morgan fingerprint density at radius 2 is 2.00 bits per heavy atom. The third-order valence-electron chi connectivity index (χ3n) is 5.45. The van der Waals surface area contributed by atoms with E-state index in [0.717, 1.165) is 13.1 Å². The molecule has 0 unspecified atom stereocenters. The summed E-state index contributed by atoms with van der Waals surface area (Å²) in [4.78, 5) is 40.8. The van der Waals surface area contributed by atoms with Crippen LogP contribution in [0.1, 0.15) is 21.3 Å². The van der Waals surface area contributed by atoms with Crippen LogP contribution in [0.3, 0.4) is 0 Å². The number of non-ortho nitro benzene ring substituents is 1. The molecular formula is C21H21N3O6S. The number of ketones is 1. The molecule has 1 aromatic heterocycles. The average molecular weight is 443 g/mol. The molecule has 0 aliphatic carbocycles. The predicted octanol–water partition coefficient (Wildman–Crippen LogP) is 2.57. The van der Waals surface area contributed by atoms with Crippen molar-refractivity contribution < 1.29 is 24.4 Å². The first-order chi connectivity index (χ1) is 15.0. The van der Waals surface area contributed by atoms with Gasteiger partial charge in [0.15, 0.2) is 5.76 Å². The smallest absolute Gasteiger partial charge is 0.290 e. The molecule has 9 nitrogen and oxygen atoms in total. The Labute approximate surface area is 182 Å². The van der Waals surface area contributed by atoms with Crippen molar-refractivity contribution in [1.29, 1.82) is 0 Å². The Kier molecular flexibility index (Phi) is 6.12. The van der Waals surface area contributed by atoms with Gasteiger partial charge in [-0.3, -0.25) is 24.6 Å². The standard InChI is InChI=1S/C21H21N3O6S/c25-19(16-5-2-12-31-16)17-18(14-3-1-4-15(13-14)24(28)29)23(21(27)20(17)26)7-6-22-8-10-30-11-9-22/h1-5,12-13,18,26H,6-11H2/t18-/m0/s1. The normalized spacial score (nSPS) is 19.8. The zero-order valence-electron chi connectivity index (χ0n) is 16.6. The second kappa shape index (κ2) is 8.96. The molecule has 0 bridgehead atoms. The molecule has 2 aliphatic heterocycles. The molecule has 1 N–H and O–H groups in total. The quantitative estimate of drug-likeness (QED) is 0.397. The Morgan fingerprint density at radius 3 is 2.68 bits per heavy atom. The van der Waals surface area contributed by atoms with Gasteiger partial charge in [0.2, 0.25) is 5.78 Å². The van der Waals surface area contributed by atoms with Gasteiger partial charge in [0.25, 0.3) is 11.6 Å². The summed E-state index contributed by atoms with van der Waals surface area (Å²) >= 11 is 1.21. The summed E-state index contributed by atoms with van der Waals surface area (Å²) in [7, 11) is 0. The van der Waals surface area contributed by atoms with Crippen LogP contribution in [0.25, 0.3) is 0 Å². The molecule has 4 rings (SSSR count). The largest absolute Gasteiger partial charge is 0.503 e. The lowest BCUT2D eigenvalue weighted by Crippen LogP contribution is -2.43. The number of aliphatic hydroxyl groups excluding tert-OH is 1. The van der Waals surface area contributed by atoms with Crippen molar-refractivity contribution >= 4 is 28.7 Å². The number of thiophene rings is 1. The highest BCUT2D eigenvalue weighted by Gasteiger charge is 2.44. The van der Waals surface area contributed by atoms with E-state index in [2.05, 4.69) is 4.90 Å². The number of nitro groups is 1. The minimum atomic E-state index is -0.900. The van der Waals surface area contributed by atoms with Crippen molar-refractivity contribution in [2.45, 2.75) is 6.04 Å². The lowest BCUT2D eigenvalue weighted by atomic mass is 9.95. The molecule has 1 aromatic carbocycles. The number of carbonyl (C=O) groups is 2. The van der Waals surface area contributed by atoms with E-state index in [1.54, 1.807) is 23.6 Å². The first-order valence-electron chi connectivity index (χ1n) is 9.84. The highest BCUT2D eigenvalue weighted by atomic mass is 32.1. The highest BCUT2D eigenvalue weighted by molar-refractivity contribution is 7.12. The minimum Gasteiger partial charge on any atom is -0.503 e. The highest BCUT2D eigenvalue weighted by Crippen LogP contribution is 2.40. The van der Waals surface area contributed by atoms with Crippen molar-refractivity contribution in [3.05, 3.63) is 73.7 Å². The Bertz CT molecular complexity index is 1030. The fraction of sp³-hybridized carbons (Fsp3) is 0.333. The molecule has 2 aromatic rings. The zero-order valence-corrected chi connectivity index (χ0v) is 17.4. The molecule has 1 amide bonds. The zero-order chi connectivity index (χ0) is 22.0. The Morgan fingerprint density at radius 1 is 1.23 bits per heavy atom. The summed E-state index contributed by atoms with van der Waals surface area (Å²) in [5, 5.41) is 23.7. The maximum Gasteiger partial charge on any atom is 0.290 e. The number of hydrogen-bond donors (Lipinski definition) is 1. The van der Waals surface area contributed by atoms with Crippen LogP contribution in [0, 0.1) is 10.1 Å². The van der Waals surface area contributed by atoms with Crippen molar-refractivity contribution in [2.75, 3.05) is 39.4 Å². The van der Waals surface area contributed by atoms with Crippen LogP contribution in [0.5, 0.6) is 0 Å². The lowest BCUT2D eigenvalue weighted by molar-refractivity contribution is -0.384. The van der Waals surface area contributed by atoms with E-state index >= 15 is 0 Å². The van der Waals surface area contributed by atoms with Crippen LogP contribution in [-0.4, -0.2) is 70.9 Å². The van der Waals surface area contributed by atoms with Gasteiger partial charge < -0.3 is 14.7 Å². The monoisotopic (exact) mass is 443 g/mol. The van der Waals surface area contributed by atoms with Crippen LogP contribution in [-0.2, 0) is 9.53 Å². The average Bonchev–Trinajstić information content (AvgIpc) is 3.40. The van der Waals surface area contributed by atoms with Crippen molar-refractivity contribution in [2.24, 2.45) is 0 Å². The number of amides is 1. The molecule has 3 heterocycles. The number of aliphatic hydroxyl groups is 1. The number of rotatable bonds is 7. The van der Waals surface area contributed by atoms with E-state index in [1.165, 1.54) is 34.4 Å². The van der Waals surface area contributed by atoms with Gasteiger partial charge >= 0.3 is 0 Å². The molecule has 0 spiro atoms. The molecule has 2 aliphatic rings. The fourth-order valence-corrected chi connectivity index (χ4v) is 4.56. The SMILES string of the molecule is O=C(C1=C(O)C(=O)N(CCN2CCOCC2)[C@H]1c1cccc([N+](=O)[O-])c1)c1cccs1. The summed E-state index contributed by atoms with van der Waals surface area (Å²) in [5.41, 5.74) is 0.218. The van der Waals surface area contributed by atoms with Crippen LogP contribution in [0.15, 0.2) is 53.1 Å². The van der Waals surface area contributed by atoms with Crippen LogP contribution >= 0.6 is 11.3 Å². The van der Waals surface area contributed by atoms with E-state index < -0.39 is 28.4 Å². The van der Waals surface area contributed by atoms with Gasteiger partial charge in [0.1, 0.15) is 0 Å². The molecule has 1 atom stereocenters. The Hall–Kier alpha value is -3.08. The second-order valence-electron chi connectivity index (χ2n) is 7.28. The van der Waals surface area contributed by atoms with E-state index in [4.69, 9.17) is 4.74 Å². The topological polar surface area (TPSA) is 113 Å². The first-order valence-corrected chi connectivity index (χ1v) is 10.7. The summed E-state index contributed by atoms with van der Waals surface area (Å²) < 4.78 is 5.35. The molecule has 31 heavy (non-hydrogen) atoms. The number of Topliss-reactive ketones (excluding diaryl/α,β-unsaturated/α-hetero) is 1. The van der Waals surface area contributed by atoms with Gasteiger partial charge in [-0.05, 0) is 17.0 Å². The minimum absolute atomic E-state index is 0.0464. The third kappa shape index (κ3) is 4.22. The third-order valence-corrected chi connectivity index (χ3v) is 6.32. The summed E-state index contributed by atoms with van der Waals surface area (Å²) in [6.07, 6.45) is 0. The summed E-state index contributed by atoms with van der Waals surface area (Å²) in [6, 6.07) is 8.28. The van der Waals surface area contributed by atoms with E-state index in [-0.39, 0.29) is 17.8 Å². The Balaban J connectivity index is 1.70. The number of carbonyl (C=O) groups excluding carboxylic acids is 2. The maximum absolute atomic E-state index is 13.2. The van der Waals surface area contributed by atoms with Crippen LogP contribution in [0.2, 0.25) is 0 Å². The lowest BCUT2D eigenvalue weighted by Gasteiger charge is -2.31. The number of morpholine rings is 1. The molecular weight excluding hydrogens is 422 g/mol. The molecule has 0 radical (unpaired) electrons. The van der Waals surface area contributed by atoms with Crippen LogP contribution in [0.4, 0.5) is 5.69 Å². The van der Waals surface area contributed by atoms with Gasteiger partial charge in [0, 0.05) is 38.3 Å². The number of nitrogens with zero attached hydrogens (tertiary/aromatic N) is 3. The number of benzene rings is 1. The number of ether oxygens (including phenoxy) is 1. The van der Waals surface area contributed by atoms with Crippen molar-refractivity contribution in [3.8, 4) is 0 Å².